The summed E-state index contributed by atoms with van der Waals surface area (Å²) in [6.07, 6.45) is 5.40. The van der Waals surface area contributed by atoms with E-state index in [0.717, 1.165) is 26.1 Å². The van der Waals surface area contributed by atoms with Gasteiger partial charge in [-0.15, -0.1) is 0 Å². The van der Waals surface area contributed by atoms with Crippen LogP contribution in [0.4, 0.5) is 0 Å². The molecule has 1 fully saturated rings. The molecule has 1 aliphatic heterocycles. The van der Waals surface area contributed by atoms with Gasteiger partial charge in [-0.05, 0) is 59.3 Å². The first-order valence-corrected chi connectivity index (χ1v) is 9.06. The molecule has 1 aliphatic rings. The van der Waals surface area contributed by atoms with Crippen molar-refractivity contribution in [3.05, 3.63) is 0 Å². The average Bonchev–Trinajstić information content (AvgIpc) is 2.42. The van der Waals surface area contributed by atoms with Crippen molar-refractivity contribution in [2.45, 2.75) is 45.1 Å². The molecule has 0 spiro atoms. The molecule has 2 N–H and O–H groups in total. The molecule has 0 amide bonds. The summed E-state index contributed by atoms with van der Waals surface area (Å²) in [7, 11) is -1.22. The van der Waals surface area contributed by atoms with Gasteiger partial charge in [-0.1, -0.05) is 6.42 Å². The fourth-order valence-corrected chi connectivity index (χ4v) is 3.63. The van der Waals surface area contributed by atoms with E-state index in [9.17, 15) is 8.42 Å². The second-order valence-corrected chi connectivity index (χ2v) is 7.35. The number of nitrogens with zero attached hydrogens (tertiary/aromatic N) is 1. The number of rotatable bonds is 9. The van der Waals surface area contributed by atoms with Crippen LogP contribution in [0.25, 0.3) is 0 Å². The van der Waals surface area contributed by atoms with Crippen LogP contribution in [0.1, 0.15) is 39.0 Å². The van der Waals surface area contributed by atoms with Crippen LogP contribution in [0.2, 0.25) is 0 Å². The average molecular weight is 291 g/mol. The molecule has 0 bridgehead atoms. The standard InChI is InChI=1S/C13H29N3O2S/c1-13(16-9-5-3-6-10-16)12-15-19(17,18)11-7-4-8-14-2/h13-15H,3-12H2,1-2H3. The van der Waals surface area contributed by atoms with Crippen molar-refractivity contribution < 1.29 is 8.42 Å². The van der Waals surface area contributed by atoms with E-state index in [1.165, 1.54) is 19.3 Å². The molecule has 0 radical (unpaired) electrons. The summed E-state index contributed by atoms with van der Waals surface area (Å²) >= 11 is 0. The van der Waals surface area contributed by atoms with E-state index < -0.39 is 10.0 Å². The molecule has 1 heterocycles. The van der Waals surface area contributed by atoms with E-state index in [4.69, 9.17) is 0 Å². The monoisotopic (exact) mass is 291 g/mol. The largest absolute Gasteiger partial charge is 0.320 e. The SMILES string of the molecule is CNCCCCS(=O)(=O)NCC(C)N1CCCCC1. The van der Waals surface area contributed by atoms with Gasteiger partial charge in [0.15, 0.2) is 0 Å². The first-order valence-electron chi connectivity index (χ1n) is 7.41. The minimum absolute atomic E-state index is 0.238. The van der Waals surface area contributed by atoms with Crippen molar-refractivity contribution in [3.63, 3.8) is 0 Å². The van der Waals surface area contributed by atoms with Crippen LogP contribution < -0.4 is 10.0 Å². The first kappa shape index (κ1) is 16.9. The van der Waals surface area contributed by atoms with Gasteiger partial charge in [-0.25, -0.2) is 13.1 Å². The van der Waals surface area contributed by atoms with Crippen molar-refractivity contribution >= 4 is 10.0 Å². The minimum atomic E-state index is -3.10. The van der Waals surface area contributed by atoms with Gasteiger partial charge in [0, 0.05) is 12.6 Å². The van der Waals surface area contributed by atoms with Gasteiger partial charge < -0.3 is 5.32 Å². The van der Waals surface area contributed by atoms with Crippen LogP contribution in [0.3, 0.4) is 0 Å². The number of likely N-dealkylation sites (tertiary alicyclic amines) is 1. The van der Waals surface area contributed by atoms with E-state index >= 15 is 0 Å². The van der Waals surface area contributed by atoms with Crippen molar-refractivity contribution in [2.75, 3.05) is 39.0 Å². The normalized spacial score (nSPS) is 19.5. The quantitative estimate of drug-likeness (QED) is 0.616. The van der Waals surface area contributed by atoms with Crippen molar-refractivity contribution in [2.24, 2.45) is 0 Å². The lowest BCUT2D eigenvalue weighted by molar-refractivity contribution is 0.175. The summed E-state index contributed by atoms with van der Waals surface area (Å²) in [5, 5.41) is 3.03. The summed E-state index contributed by atoms with van der Waals surface area (Å²) < 4.78 is 26.4. The topological polar surface area (TPSA) is 61.4 Å². The molecule has 6 heteroatoms. The van der Waals surface area contributed by atoms with E-state index in [0.29, 0.717) is 19.0 Å². The Morgan fingerprint density at radius 1 is 1.16 bits per heavy atom. The Bertz CT molecular complexity index is 327. The predicted molar refractivity (Wildman–Crippen MR) is 79.8 cm³/mol. The van der Waals surface area contributed by atoms with Gasteiger partial charge in [0.2, 0.25) is 10.0 Å². The van der Waals surface area contributed by atoms with Gasteiger partial charge in [-0.3, -0.25) is 4.90 Å². The van der Waals surface area contributed by atoms with Crippen molar-refractivity contribution in [1.82, 2.24) is 14.9 Å². The summed E-state index contributed by atoms with van der Waals surface area (Å²) in [6, 6.07) is 0.299. The second kappa shape index (κ2) is 8.89. The Morgan fingerprint density at radius 3 is 2.47 bits per heavy atom. The molecule has 114 valence electrons. The minimum Gasteiger partial charge on any atom is -0.320 e. The van der Waals surface area contributed by atoms with Gasteiger partial charge >= 0.3 is 0 Å². The zero-order chi connectivity index (χ0) is 14.1. The molecule has 5 nitrogen and oxygen atoms in total. The fraction of sp³-hybridized carbons (Fsp3) is 1.00. The maximum Gasteiger partial charge on any atom is 0.211 e. The van der Waals surface area contributed by atoms with Crippen LogP contribution in [-0.2, 0) is 10.0 Å². The lowest BCUT2D eigenvalue weighted by Crippen LogP contribution is -2.44. The molecular weight excluding hydrogens is 262 g/mol. The van der Waals surface area contributed by atoms with Crippen LogP contribution >= 0.6 is 0 Å². The van der Waals surface area contributed by atoms with Gasteiger partial charge in [0.25, 0.3) is 0 Å². The molecule has 1 saturated heterocycles. The van der Waals surface area contributed by atoms with E-state index in [1.54, 1.807) is 0 Å². The molecule has 0 aromatic heterocycles. The van der Waals surface area contributed by atoms with Crippen LogP contribution in [-0.4, -0.2) is 58.3 Å². The maximum absolute atomic E-state index is 11.8. The number of nitrogens with one attached hydrogen (secondary N) is 2. The maximum atomic E-state index is 11.8. The van der Waals surface area contributed by atoms with E-state index in [-0.39, 0.29) is 5.75 Å². The number of hydrogen-bond donors (Lipinski definition) is 2. The highest BCUT2D eigenvalue weighted by Gasteiger charge is 2.18. The molecule has 1 atom stereocenters. The highest BCUT2D eigenvalue weighted by Crippen LogP contribution is 2.11. The fourth-order valence-electron chi connectivity index (χ4n) is 2.40. The van der Waals surface area contributed by atoms with Crippen LogP contribution in [0, 0.1) is 0 Å². The second-order valence-electron chi connectivity index (χ2n) is 5.42. The molecule has 0 saturated carbocycles. The highest BCUT2D eigenvalue weighted by atomic mass is 32.2. The van der Waals surface area contributed by atoms with E-state index in [1.807, 2.05) is 7.05 Å². The third-order valence-electron chi connectivity index (χ3n) is 3.70. The number of sulfonamides is 1. The lowest BCUT2D eigenvalue weighted by Gasteiger charge is -2.32. The highest BCUT2D eigenvalue weighted by molar-refractivity contribution is 7.89. The Labute approximate surface area is 118 Å². The Morgan fingerprint density at radius 2 is 1.84 bits per heavy atom. The molecule has 0 aliphatic carbocycles. The smallest absolute Gasteiger partial charge is 0.211 e. The summed E-state index contributed by atoms with van der Waals surface area (Å²) in [4.78, 5) is 2.38. The predicted octanol–water partition coefficient (Wildman–Crippen LogP) is 0.780. The molecular formula is C13H29N3O2S. The van der Waals surface area contributed by atoms with Crippen molar-refractivity contribution in [1.29, 1.82) is 0 Å². The third kappa shape index (κ3) is 7.25. The number of hydrogen-bond acceptors (Lipinski definition) is 4. The van der Waals surface area contributed by atoms with Crippen LogP contribution in [0.5, 0.6) is 0 Å². The van der Waals surface area contributed by atoms with Gasteiger partial charge in [-0.2, -0.15) is 0 Å². The number of piperidine rings is 1. The zero-order valence-electron chi connectivity index (χ0n) is 12.3. The summed E-state index contributed by atoms with van der Waals surface area (Å²) in [5.74, 6) is 0.238. The van der Waals surface area contributed by atoms with Crippen molar-refractivity contribution in [3.8, 4) is 0 Å². The molecule has 1 rings (SSSR count). The summed E-state index contributed by atoms with van der Waals surface area (Å²) in [6.45, 7) is 5.72. The van der Waals surface area contributed by atoms with Crippen LogP contribution in [0.15, 0.2) is 0 Å². The molecule has 0 aromatic rings. The van der Waals surface area contributed by atoms with E-state index in [2.05, 4.69) is 21.9 Å². The first-order chi connectivity index (χ1) is 9.05. The molecule has 19 heavy (non-hydrogen) atoms. The lowest BCUT2D eigenvalue weighted by atomic mass is 10.1. The third-order valence-corrected chi connectivity index (χ3v) is 5.14. The number of unbranched alkanes of at least 4 members (excludes halogenated alkanes) is 1. The van der Waals surface area contributed by atoms with Gasteiger partial charge in [0.05, 0.1) is 5.75 Å². The summed E-state index contributed by atoms with van der Waals surface area (Å²) in [5.41, 5.74) is 0. The molecule has 0 aromatic carbocycles. The zero-order valence-corrected chi connectivity index (χ0v) is 13.1. The Kier molecular flexibility index (Phi) is 7.90. The van der Waals surface area contributed by atoms with Gasteiger partial charge in [0.1, 0.15) is 0 Å². The Hall–Kier alpha value is -0.170. The molecule has 1 unspecified atom stereocenters. The Balaban J connectivity index is 2.21.